The second-order valence-corrected chi connectivity index (χ2v) is 6.78. The second-order valence-electron chi connectivity index (χ2n) is 6.78. The van der Waals surface area contributed by atoms with Crippen molar-refractivity contribution in [2.75, 3.05) is 25.9 Å². The molecular weight excluding hydrogens is 340 g/mol. The van der Waals surface area contributed by atoms with Crippen LogP contribution in [0.2, 0.25) is 0 Å². The van der Waals surface area contributed by atoms with Gasteiger partial charge in [0.1, 0.15) is 5.75 Å². The van der Waals surface area contributed by atoms with Gasteiger partial charge in [0.2, 0.25) is 5.95 Å². The van der Waals surface area contributed by atoms with Crippen LogP contribution in [0, 0.1) is 0 Å². The number of aromatic nitrogens is 2. The average Bonchev–Trinajstić information content (AvgIpc) is 2.73. The molecule has 1 saturated heterocycles. The number of nitrogens with two attached hydrogens (primary N) is 1. The number of anilines is 1. The molecule has 138 valence electrons. The summed E-state index contributed by atoms with van der Waals surface area (Å²) in [6.07, 6.45) is 1.70. The molecular formula is C21H22N4O2. The SMILES string of the molecule is COc1ccc2nc(N)nc(C3CCN(C(=O)c4ccccc4)CC3)c2c1. The molecule has 2 N–H and O–H groups in total. The lowest BCUT2D eigenvalue weighted by atomic mass is 9.90. The maximum absolute atomic E-state index is 12.7. The van der Waals surface area contributed by atoms with Gasteiger partial charge in [0, 0.05) is 30.0 Å². The minimum Gasteiger partial charge on any atom is -0.497 e. The predicted octanol–water partition coefficient (Wildman–Crippen LogP) is 3.24. The van der Waals surface area contributed by atoms with E-state index in [1.165, 1.54) is 0 Å². The molecule has 0 radical (unpaired) electrons. The third-order valence-electron chi connectivity index (χ3n) is 5.14. The van der Waals surface area contributed by atoms with Gasteiger partial charge < -0.3 is 15.4 Å². The van der Waals surface area contributed by atoms with Gasteiger partial charge in [0.15, 0.2) is 0 Å². The van der Waals surface area contributed by atoms with Gasteiger partial charge in [-0.25, -0.2) is 9.97 Å². The predicted molar refractivity (Wildman–Crippen MR) is 105 cm³/mol. The zero-order chi connectivity index (χ0) is 18.8. The fourth-order valence-electron chi connectivity index (χ4n) is 3.71. The Balaban J connectivity index is 1.57. The zero-order valence-electron chi connectivity index (χ0n) is 15.3. The topological polar surface area (TPSA) is 81.3 Å². The Morgan fingerprint density at radius 2 is 1.85 bits per heavy atom. The summed E-state index contributed by atoms with van der Waals surface area (Å²) in [6, 6.07) is 15.2. The molecule has 1 aromatic heterocycles. The van der Waals surface area contributed by atoms with E-state index in [2.05, 4.69) is 9.97 Å². The van der Waals surface area contributed by atoms with Crippen molar-refractivity contribution in [1.29, 1.82) is 0 Å². The Kier molecular flexibility index (Phi) is 4.62. The Bertz CT molecular complexity index is 967. The first kappa shape index (κ1) is 17.3. The van der Waals surface area contributed by atoms with Crippen LogP contribution < -0.4 is 10.5 Å². The number of hydrogen-bond donors (Lipinski definition) is 1. The molecule has 1 amide bonds. The van der Waals surface area contributed by atoms with Crippen molar-refractivity contribution < 1.29 is 9.53 Å². The minimum atomic E-state index is 0.0859. The monoisotopic (exact) mass is 362 g/mol. The molecule has 0 aliphatic carbocycles. The van der Waals surface area contributed by atoms with Gasteiger partial charge in [-0.3, -0.25) is 4.79 Å². The summed E-state index contributed by atoms with van der Waals surface area (Å²) in [5.41, 5.74) is 8.44. The molecule has 1 aliphatic rings. The van der Waals surface area contributed by atoms with Crippen LogP contribution >= 0.6 is 0 Å². The quantitative estimate of drug-likeness (QED) is 0.773. The smallest absolute Gasteiger partial charge is 0.253 e. The Hall–Kier alpha value is -3.15. The molecule has 4 rings (SSSR count). The third-order valence-corrected chi connectivity index (χ3v) is 5.14. The van der Waals surface area contributed by atoms with Crippen LogP contribution in [0.5, 0.6) is 5.75 Å². The van der Waals surface area contributed by atoms with Crippen LogP contribution in [-0.2, 0) is 0 Å². The number of nitrogens with zero attached hydrogens (tertiary/aromatic N) is 3. The average molecular weight is 362 g/mol. The van der Waals surface area contributed by atoms with Crippen molar-refractivity contribution in [3.63, 3.8) is 0 Å². The number of carbonyl (C=O) groups is 1. The van der Waals surface area contributed by atoms with E-state index in [0.29, 0.717) is 13.1 Å². The number of nitrogen functional groups attached to an aromatic ring is 1. The molecule has 2 heterocycles. The van der Waals surface area contributed by atoms with E-state index >= 15 is 0 Å². The molecule has 1 fully saturated rings. The van der Waals surface area contributed by atoms with E-state index < -0.39 is 0 Å². The maximum atomic E-state index is 12.7. The number of piperidine rings is 1. The van der Waals surface area contributed by atoms with Crippen molar-refractivity contribution in [1.82, 2.24) is 14.9 Å². The zero-order valence-corrected chi connectivity index (χ0v) is 15.3. The fourth-order valence-corrected chi connectivity index (χ4v) is 3.71. The Morgan fingerprint density at radius 3 is 2.56 bits per heavy atom. The van der Waals surface area contributed by atoms with Gasteiger partial charge in [-0.1, -0.05) is 18.2 Å². The number of ether oxygens (including phenoxy) is 1. The first-order valence-corrected chi connectivity index (χ1v) is 9.11. The molecule has 3 aromatic rings. The molecule has 6 heteroatoms. The van der Waals surface area contributed by atoms with Gasteiger partial charge in [0.05, 0.1) is 18.3 Å². The van der Waals surface area contributed by atoms with Crippen molar-refractivity contribution in [3.05, 3.63) is 59.8 Å². The highest BCUT2D eigenvalue weighted by molar-refractivity contribution is 5.94. The largest absolute Gasteiger partial charge is 0.497 e. The summed E-state index contributed by atoms with van der Waals surface area (Å²) in [6.45, 7) is 1.40. The highest BCUT2D eigenvalue weighted by Gasteiger charge is 2.27. The van der Waals surface area contributed by atoms with Crippen molar-refractivity contribution >= 4 is 22.8 Å². The molecule has 0 unspecified atom stereocenters. The van der Waals surface area contributed by atoms with Crippen LogP contribution in [0.4, 0.5) is 5.95 Å². The molecule has 1 aliphatic heterocycles. The third kappa shape index (κ3) is 3.43. The van der Waals surface area contributed by atoms with Crippen LogP contribution in [-0.4, -0.2) is 41.0 Å². The first-order valence-electron chi connectivity index (χ1n) is 9.11. The normalized spacial score (nSPS) is 15.1. The van der Waals surface area contributed by atoms with E-state index in [0.717, 1.165) is 40.8 Å². The first-order chi connectivity index (χ1) is 13.2. The van der Waals surface area contributed by atoms with Crippen LogP contribution in [0.3, 0.4) is 0 Å². The van der Waals surface area contributed by atoms with Crippen LogP contribution in [0.15, 0.2) is 48.5 Å². The molecule has 0 bridgehead atoms. The number of amides is 1. The molecule has 0 saturated carbocycles. The minimum absolute atomic E-state index is 0.0859. The fraction of sp³-hybridized carbons (Fsp3) is 0.286. The van der Waals surface area contributed by atoms with Gasteiger partial charge in [-0.15, -0.1) is 0 Å². The number of rotatable bonds is 3. The number of fused-ring (bicyclic) bond motifs is 1. The van der Waals surface area contributed by atoms with E-state index in [1.807, 2.05) is 53.4 Å². The lowest BCUT2D eigenvalue weighted by Crippen LogP contribution is -2.38. The molecule has 27 heavy (non-hydrogen) atoms. The van der Waals surface area contributed by atoms with Gasteiger partial charge in [0.25, 0.3) is 5.91 Å². The van der Waals surface area contributed by atoms with E-state index in [9.17, 15) is 4.79 Å². The summed E-state index contributed by atoms with van der Waals surface area (Å²) >= 11 is 0. The summed E-state index contributed by atoms with van der Waals surface area (Å²) in [4.78, 5) is 23.4. The molecule has 0 spiro atoms. The van der Waals surface area contributed by atoms with Gasteiger partial charge >= 0.3 is 0 Å². The number of likely N-dealkylation sites (tertiary alicyclic amines) is 1. The number of hydrogen-bond acceptors (Lipinski definition) is 5. The van der Waals surface area contributed by atoms with Crippen molar-refractivity contribution in [3.8, 4) is 5.75 Å². The summed E-state index contributed by atoms with van der Waals surface area (Å²) in [5, 5.41) is 0.969. The Labute approximate surface area is 158 Å². The van der Waals surface area contributed by atoms with E-state index in [1.54, 1.807) is 7.11 Å². The summed E-state index contributed by atoms with van der Waals surface area (Å²) in [5.74, 6) is 1.38. The highest BCUT2D eigenvalue weighted by Crippen LogP contribution is 2.33. The molecule has 0 atom stereocenters. The lowest BCUT2D eigenvalue weighted by Gasteiger charge is -2.32. The second kappa shape index (κ2) is 7.23. The van der Waals surface area contributed by atoms with Gasteiger partial charge in [-0.05, 0) is 43.2 Å². The Morgan fingerprint density at radius 1 is 1.11 bits per heavy atom. The van der Waals surface area contributed by atoms with E-state index in [-0.39, 0.29) is 17.8 Å². The molecule has 2 aromatic carbocycles. The van der Waals surface area contributed by atoms with Crippen molar-refractivity contribution in [2.24, 2.45) is 0 Å². The number of methoxy groups -OCH3 is 1. The van der Waals surface area contributed by atoms with E-state index in [4.69, 9.17) is 10.5 Å². The number of benzene rings is 2. The summed E-state index contributed by atoms with van der Waals surface area (Å²) in [7, 11) is 1.65. The van der Waals surface area contributed by atoms with Crippen molar-refractivity contribution in [2.45, 2.75) is 18.8 Å². The maximum Gasteiger partial charge on any atom is 0.253 e. The molecule has 6 nitrogen and oxygen atoms in total. The van der Waals surface area contributed by atoms with Crippen LogP contribution in [0.1, 0.15) is 34.8 Å². The summed E-state index contributed by atoms with van der Waals surface area (Å²) < 4.78 is 5.35. The number of carbonyl (C=O) groups excluding carboxylic acids is 1. The lowest BCUT2D eigenvalue weighted by molar-refractivity contribution is 0.0712. The van der Waals surface area contributed by atoms with Crippen LogP contribution in [0.25, 0.3) is 10.9 Å². The highest BCUT2D eigenvalue weighted by atomic mass is 16.5. The van der Waals surface area contributed by atoms with Gasteiger partial charge in [-0.2, -0.15) is 0 Å². The standard InChI is InChI=1S/C21H22N4O2/c1-27-16-7-8-18-17(13-16)19(24-21(22)23-18)14-9-11-25(12-10-14)20(26)15-5-3-2-4-6-15/h2-8,13-14H,9-12H2,1H3,(H2,22,23,24).